The molecule has 2 N–H and O–H groups in total. The Kier molecular flexibility index (Phi) is 2.83. The molecule has 2 heterocycles. The van der Waals surface area contributed by atoms with Gasteiger partial charge < -0.3 is 5.32 Å². The van der Waals surface area contributed by atoms with Gasteiger partial charge in [-0.1, -0.05) is 24.3 Å². The van der Waals surface area contributed by atoms with Crippen LogP contribution >= 0.6 is 11.3 Å². The number of carbonyl (C=O) groups is 2. The molecular formula is C14H13N3O2S. The van der Waals surface area contributed by atoms with Crippen molar-refractivity contribution >= 4 is 23.3 Å². The van der Waals surface area contributed by atoms with Crippen LogP contribution in [0.1, 0.15) is 17.5 Å². The standard InChI is InChI=1S/C14H13N3O2S/c1-8-15-11(7-20-8)9-3-5-10(6-4-9)14(2)12(18)16-13(19)17-14/h3-7H,1-2H3,(H2,16,17,18,19)/t14-/m0/s1. The number of amides is 3. The smallest absolute Gasteiger partial charge is 0.320 e. The van der Waals surface area contributed by atoms with Gasteiger partial charge in [0, 0.05) is 10.9 Å². The van der Waals surface area contributed by atoms with Gasteiger partial charge in [0.15, 0.2) is 0 Å². The van der Waals surface area contributed by atoms with Crippen molar-refractivity contribution in [3.05, 3.63) is 40.2 Å². The lowest BCUT2D eigenvalue weighted by molar-refractivity contribution is -0.123. The van der Waals surface area contributed by atoms with Crippen LogP contribution in [0.25, 0.3) is 11.3 Å². The zero-order valence-electron chi connectivity index (χ0n) is 11.1. The predicted molar refractivity (Wildman–Crippen MR) is 76.3 cm³/mol. The van der Waals surface area contributed by atoms with Crippen molar-refractivity contribution in [1.82, 2.24) is 15.6 Å². The Morgan fingerprint density at radius 1 is 1.20 bits per heavy atom. The van der Waals surface area contributed by atoms with Gasteiger partial charge >= 0.3 is 6.03 Å². The van der Waals surface area contributed by atoms with E-state index in [1.165, 1.54) is 0 Å². The SMILES string of the molecule is Cc1nc(-c2ccc([C@]3(C)NC(=O)NC3=O)cc2)cs1. The second-order valence-corrected chi connectivity index (χ2v) is 5.92. The summed E-state index contributed by atoms with van der Waals surface area (Å²) in [5, 5.41) is 7.91. The molecule has 102 valence electrons. The molecule has 1 aromatic heterocycles. The van der Waals surface area contributed by atoms with E-state index in [4.69, 9.17) is 0 Å². The molecular weight excluding hydrogens is 274 g/mol. The maximum absolute atomic E-state index is 11.9. The molecule has 0 unspecified atom stereocenters. The average Bonchev–Trinajstić information content (AvgIpc) is 2.95. The summed E-state index contributed by atoms with van der Waals surface area (Å²) in [5.41, 5.74) is 1.65. The molecule has 6 heteroatoms. The number of urea groups is 1. The van der Waals surface area contributed by atoms with Crippen LogP contribution in [0.2, 0.25) is 0 Å². The number of benzene rings is 1. The first-order valence-corrected chi connectivity index (χ1v) is 7.03. The fourth-order valence-corrected chi connectivity index (χ4v) is 2.84. The molecule has 1 saturated heterocycles. The van der Waals surface area contributed by atoms with E-state index < -0.39 is 11.6 Å². The molecule has 1 fully saturated rings. The number of aromatic nitrogens is 1. The van der Waals surface area contributed by atoms with E-state index in [9.17, 15) is 9.59 Å². The van der Waals surface area contributed by atoms with Crippen molar-refractivity contribution < 1.29 is 9.59 Å². The number of nitrogens with zero attached hydrogens (tertiary/aromatic N) is 1. The second-order valence-electron chi connectivity index (χ2n) is 4.86. The first kappa shape index (κ1) is 12.8. The van der Waals surface area contributed by atoms with E-state index in [0.29, 0.717) is 0 Å². The maximum Gasteiger partial charge on any atom is 0.322 e. The molecule has 0 radical (unpaired) electrons. The minimum Gasteiger partial charge on any atom is -0.320 e. The second kappa shape index (κ2) is 4.42. The molecule has 5 nitrogen and oxygen atoms in total. The molecule has 3 rings (SSSR count). The molecule has 0 bridgehead atoms. The highest BCUT2D eigenvalue weighted by atomic mass is 32.1. The largest absolute Gasteiger partial charge is 0.322 e. The molecule has 0 aliphatic carbocycles. The summed E-state index contributed by atoms with van der Waals surface area (Å²) in [5.74, 6) is -0.334. The number of aryl methyl sites for hydroxylation is 1. The van der Waals surface area contributed by atoms with Crippen molar-refractivity contribution in [2.45, 2.75) is 19.4 Å². The van der Waals surface area contributed by atoms with E-state index in [1.54, 1.807) is 18.3 Å². The normalized spacial score (nSPS) is 21.7. The minimum absolute atomic E-state index is 0.334. The Bertz CT molecular complexity index is 693. The summed E-state index contributed by atoms with van der Waals surface area (Å²) in [4.78, 5) is 27.6. The average molecular weight is 287 g/mol. The Labute approximate surface area is 120 Å². The number of imide groups is 1. The molecule has 0 spiro atoms. The number of hydrogen-bond donors (Lipinski definition) is 2. The van der Waals surface area contributed by atoms with Crippen LogP contribution in [0.4, 0.5) is 4.79 Å². The summed E-state index contributed by atoms with van der Waals surface area (Å²) in [6, 6.07) is 7.04. The molecule has 0 saturated carbocycles. The third-order valence-corrected chi connectivity index (χ3v) is 4.20. The highest BCUT2D eigenvalue weighted by Gasteiger charge is 2.43. The van der Waals surface area contributed by atoms with Crippen LogP contribution in [-0.2, 0) is 10.3 Å². The molecule has 20 heavy (non-hydrogen) atoms. The third kappa shape index (κ3) is 1.98. The van der Waals surface area contributed by atoms with Crippen LogP contribution in [0.3, 0.4) is 0 Å². The maximum atomic E-state index is 11.9. The van der Waals surface area contributed by atoms with Crippen molar-refractivity contribution in [3.63, 3.8) is 0 Å². The number of nitrogens with one attached hydrogen (secondary N) is 2. The monoisotopic (exact) mass is 287 g/mol. The Morgan fingerprint density at radius 2 is 1.90 bits per heavy atom. The predicted octanol–water partition coefficient (Wildman–Crippen LogP) is 2.17. The van der Waals surface area contributed by atoms with Gasteiger partial charge in [0.05, 0.1) is 10.7 Å². The van der Waals surface area contributed by atoms with E-state index in [1.807, 2.05) is 36.6 Å². The first-order valence-electron chi connectivity index (χ1n) is 6.16. The summed E-state index contributed by atoms with van der Waals surface area (Å²) in [6.07, 6.45) is 0. The summed E-state index contributed by atoms with van der Waals surface area (Å²) >= 11 is 1.60. The Morgan fingerprint density at radius 3 is 2.40 bits per heavy atom. The lowest BCUT2D eigenvalue weighted by Gasteiger charge is -2.21. The van der Waals surface area contributed by atoms with Crippen molar-refractivity contribution in [2.75, 3.05) is 0 Å². The van der Waals surface area contributed by atoms with Crippen LogP contribution in [0.15, 0.2) is 29.6 Å². The zero-order chi connectivity index (χ0) is 14.3. The van der Waals surface area contributed by atoms with Gasteiger partial charge in [-0.25, -0.2) is 9.78 Å². The van der Waals surface area contributed by atoms with E-state index >= 15 is 0 Å². The third-order valence-electron chi connectivity index (χ3n) is 3.42. The molecule has 1 aromatic carbocycles. The van der Waals surface area contributed by atoms with Gasteiger partial charge in [-0.2, -0.15) is 0 Å². The van der Waals surface area contributed by atoms with Crippen molar-refractivity contribution in [3.8, 4) is 11.3 Å². The van der Waals surface area contributed by atoms with E-state index in [0.717, 1.165) is 21.8 Å². The number of carbonyl (C=O) groups excluding carboxylic acids is 2. The topological polar surface area (TPSA) is 71.1 Å². The number of hydrogen-bond acceptors (Lipinski definition) is 4. The lowest BCUT2D eigenvalue weighted by atomic mass is 9.91. The van der Waals surface area contributed by atoms with Gasteiger partial charge in [-0.3, -0.25) is 10.1 Å². The number of rotatable bonds is 2. The van der Waals surface area contributed by atoms with Crippen LogP contribution < -0.4 is 10.6 Å². The van der Waals surface area contributed by atoms with Crippen LogP contribution in [0.5, 0.6) is 0 Å². The molecule has 3 amide bonds. The molecule has 2 aromatic rings. The van der Waals surface area contributed by atoms with Gasteiger partial charge in [0.1, 0.15) is 5.54 Å². The summed E-state index contributed by atoms with van der Waals surface area (Å²) in [7, 11) is 0. The van der Waals surface area contributed by atoms with Crippen molar-refractivity contribution in [1.29, 1.82) is 0 Å². The fraction of sp³-hybridized carbons (Fsp3) is 0.214. The number of thiazole rings is 1. The van der Waals surface area contributed by atoms with Gasteiger partial charge in [0.25, 0.3) is 5.91 Å². The Hall–Kier alpha value is -2.21. The van der Waals surface area contributed by atoms with Crippen LogP contribution in [-0.4, -0.2) is 16.9 Å². The highest BCUT2D eigenvalue weighted by molar-refractivity contribution is 7.09. The van der Waals surface area contributed by atoms with Gasteiger partial charge in [-0.15, -0.1) is 11.3 Å². The minimum atomic E-state index is -1.01. The zero-order valence-corrected chi connectivity index (χ0v) is 11.9. The molecule has 1 atom stereocenters. The lowest BCUT2D eigenvalue weighted by Crippen LogP contribution is -2.40. The van der Waals surface area contributed by atoms with Crippen molar-refractivity contribution in [2.24, 2.45) is 0 Å². The first-order chi connectivity index (χ1) is 9.49. The van der Waals surface area contributed by atoms with Crippen LogP contribution in [0, 0.1) is 6.92 Å². The van der Waals surface area contributed by atoms with E-state index in [-0.39, 0.29) is 5.91 Å². The fourth-order valence-electron chi connectivity index (χ4n) is 2.22. The van der Waals surface area contributed by atoms with Gasteiger partial charge in [-0.05, 0) is 19.4 Å². The summed E-state index contributed by atoms with van der Waals surface area (Å²) in [6.45, 7) is 3.65. The molecule has 1 aliphatic rings. The van der Waals surface area contributed by atoms with Gasteiger partial charge in [0.2, 0.25) is 0 Å². The van der Waals surface area contributed by atoms with E-state index in [2.05, 4.69) is 15.6 Å². The Balaban J connectivity index is 1.94. The summed E-state index contributed by atoms with van der Waals surface area (Å²) < 4.78 is 0. The highest BCUT2D eigenvalue weighted by Crippen LogP contribution is 2.27. The quantitative estimate of drug-likeness (QED) is 0.832. The molecule has 1 aliphatic heterocycles.